The molecule has 82 valence electrons. The molecule has 1 saturated heterocycles. The number of esters is 1. The fourth-order valence-corrected chi connectivity index (χ4v) is 1.13. The van der Waals surface area contributed by atoms with Crippen LogP contribution in [0.25, 0.3) is 0 Å². The van der Waals surface area contributed by atoms with E-state index >= 15 is 0 Å². The van der Waals surface area contributed by atoms with Gasteiger partial charge in [-0.1, -0.05) is 6.92 Å². The third kappa shape index (κ3) is 1.89. The molecule has 1 aliphatic rings. The molecule has 0 N–H and O–H groups in total. The van der Waals surface area contributed by atoms with Gasteiger partial charge in [0.1, 0.15) is 0 Å². The summed E-state index contributed by atoms with van der Waals surface area (Å²) < 4.78 is 91.5. The molecule has 4 nitrogen and oxygen atoms in total. The van der Waals surface area contributed by atoms with E-state index in [4.69, 9.17) is 15.1 Å². The van der Waals surface area contributed by atoms with Gasteiger partial charge in [-0.25, -0.2) is 4.98 Å². The molecule has 0 radical (unpaired) electrons. The molecule has 1 fully saturated rings. The normalized spacial score (nSPS) is 52.3. The molecule has 0 saturated carbocycles. The van der Waals surface area contributed by atoms with Crippen LogP contribution >= 0.6 is 0 Å². The lowest BCUT2D eigenvalue weighted by molar-refractivity contribution is -0.141. The second kappa shape index (κ2) is 4.04. The molecule has 0 aliphatic carbocycles. The van der Waals surface area contributed by atoms with Gasteiger partial charge in [0, 0.05) is 37.1 Å². The minimum atomic E-state index is -3.49. The molecule has 4 heteroatoms. The van der Waals surface area contributed by atoms with Gasteiger partial charge in [0.15, 0.2) is 0 Å². The fourth-order valence-electron chi connectivity index (χ4n) is 1.13. The Morgan fingerprint density at radius 2 is 2.87 bits per heavy atom. The van der Waals surface area contributed by atoms with Crippen LogP contribution in [0.2, 0.25) is 0 Å². The molecule has 15 heavy (non-hydrogen) atoms. The minimum absolute atomic E-state index is 0.369. The molecule has 1 aromatic heterocycles. The van der Waals surface area contributed by atoms with Crippen molar-refractivity contribution in [2.75, 3.05) is 6.56 Å². The van der Waals surface area contributed by atoms with Crippen LogP contribution in [0.4, 0.5) is 0 Å². The van der Waals surface area contributed by atoms with Gasteiger partial charge in [0.25, 0.3) is 0 Å². The number of imidazole rings is 1. The molecule has 0 amide bonds. The largest absolute Gasteiger partial charge is 0.465 e. The van der Waals surface area contributed by atoms with Crippen LogP contribution < -0.4 is 0 Å². The smallest absolute Gasteiger partial charge is 0.309 e. The highest BCUT2D eigenvalue weighted by atomic mass is 16.5. The van der Waals surface area contributed by atoms with Gasteiger partial charge in [-0.2, -0.15) is 0 Å². The van der Waals surface area contributed by atoms with Crippen molar-refractivity contribution in [2.45, 2.75) is 19.7 Å². The number of hydrogen-bond donors (Lipinski definition) is 0. The van der Waals surface area contributed by atoms with Crippen LogP contribution in [0.1, 0.15) is 34.1 Å². The number of aryl methyl sites for hydroxylation is 1. The van der Waals surface area contributed by atoms with Crippen LogP contribution in [0.15, 0.2) is 12.5 Å². The van der Waals surface area contributed by atoms with Gasteiger partial charge < -0.3 is 9.30 Å². The zero-order valence-corrected chi connectivity index (χ0v) is 7.87. The summed E-state index contributed by atoms with van der Waals surface area (Å²) in [5.41, 5.74) is -0.810. The summed E-state index contributed by atoms with van der Waals surface area (Å²) in [6.45, 7) is -5.65. The van der Waals surface area contributed by atoms with Crippen LogP contribution in [-0.2, 0) is 22.9 Å². The summed E-state index contributed by atoms with van der Waals surface area (Å²) >= 11 is 0. The molecule has 1 aliphatic heterocycles. The minimum Gasteiger partial charge on any atom is -0.465 e. The van der Waals surface area contributed by atoms with Crippen molar-refractivity contribution in [2.24, 2.45) is 18.8 Å². The summed E-state index contributed by atoms with van der Waals surface area (Å²) in [7, 11) is 0. The lowest BCUT2D eigenvalue weighted by Crippen LogP contribution is -2.18. The Morgan fingerprint density at radius 3 is 3.60 bits per heavy atom. The highest BCUT2D eigenvalue weighted by Crippen LogP contribution is 2.27. The van der Waals surface area contributed by atoms with E-state index in [0.717, 1.165) is 19.4 Å². The lowest BCUT2D eigenvalue weighted by Gasteiger charge is -2.12. The number of aromatic nitrogens is 2. The van der Waals surface area contributed by atoms with Crippen LogP contribution in [0.3, 0.4) is 0 Å². The van der Waals surface area contributed by atoms with Crippen molar-refractivity contribution >= 4 is 5.97 Å². The highest BCUT2D eigenvalue weighted by Gasteiger charge is 2.35. The predicted molar refractivity (Wildman–Crippen MR) is 55.1 cm³/mol. The van der Waals surface area contributed by atoms with Gasteiger partial charge in [-0.15, -0.1) is 0 Å². The van der Waals surface area contributed by atoms with Crippen molar-refractivity contribution in [3.63, 3.8) is 0 Å². The van der Waals surface area contributed by atoms with E-state index in [-0.39, 0.29) is 0 Å². The molecule has 1 aromatic rings. The summed E-state index contributed by atoms with van der Waals surface area (Å²) in [5, 5.41) is 0. The zero-order chi connectivity index (χ0) is 20.6. The number of hydrogen-bond acceptors (Lipinski definition) is 3. The van der Waals surface area contributed by atoms with Gasteiger partial charge in [0.2, 0.25) is 0 Å². The number of cyclic esters (lactones) is 1. The second-order valence-electron chi connectivity index (χ2n) is 2.77. The Morgan fingerprint density at radius 1 is 2.00 bits per heavy atom. The Kier molecular flexibility index (Phi) is 0.899. The van der Waals surface area contributed by atoms with Gasteiger partial charge in [-0.05, 0) is 12.7 Å². The fraction of sp³-hybridized carbons (Fsp3) is 0.636. The van der Waals surface area contributed by atoms with Gasteiger partial charge >= 0.3 is 5.97 Å². The third-order valence-corrected chi connectivity index (χ3v) is 1.84. The molecule has 0 spiro atoms. The maximum absolute atomic E-state index is 12.2. The molecule has 0 aromatic carbocycles. The molecule has 0 unspecified atom stereocenters. The van der Waals surface area contributed by atoms with E-state index < -0.39 is 49.7 Å². The van der Waals surface area contributed by atoms with Crippen molar-refractivity contribution in [3.8, 4) is 0 Å². The quantitative estimate of drug-likeness (QED) is 0.717. The first kappa shape index (κ1) is 3.34. The van der Waals surface area contributed by atoms with Gasteiger partial charge in [0.05, 0.1) is 21.5 Å². The van der Waals surface area contributed by atoms with E-state index in [9.17, 15) is 4.79 Å². The number of carbonyl (C=O) groups is 1. The Labute approximate surface area is 105 Å². The van der Waals surface area contributed by atoms with Crippen LogP contribution in [0.5, 0.6) is 0 Å². The molecular formula is C11H16N2O2. The topological polar surface area (TPSA) is 44.1 Å². The lowest BCUT2D eigenvalue weighted by atomic mass is 9.89. The van der Waals surface area contributed by atoms with Crippen molar-refractivity contribution < 1.29 is 24.6 Å². The average molecular weight is 219 g/mol. The van der Waals surface area contributed by atoms with Crippen LogP contribution in [0, 0.1) is 11.8 Å². The second-order valence-corrected chi connectivity index (χ2v) is 2.77. The molecular weight excluding hydrogens is 192 g/mol. The number of rotatable bonds is 3. The van der Waals surface area contributed by atoms with E-state index in [1.54, 1.807) is 0 Å². The monoisotopic (exact) mass is 219 g/mol. The van der Waals surface area contributed by atoms with E-state index in [0.29, 0.717) is 4.57 Å². The van der Waals surface area contributed by atoms with Crippen molar-refractivity contribution in [3.05, 3.63) is 18.2 Å². The predicted octanol–water partition coefficient (Wildman–Crippen LogP) is 1.16. The van der Waals surface area contributed by atoms with E-state index in [2.05, 4.69) is 9.72 Å². The van der Waals surface area contributed by atoms with Crippen LogP contribution in [-0.4, -0.2) is 22.1 Å². The number of ether oxygens (including phenoxy) is 1. The summed E-state index contributed by atoms with van der Waals surface area (Å²) in [4.78, 5) is 15.7. The van der Waals surface area contributed by atoms with E-state index in [1.807, 2.05) is 0 Å². The first-order valence-corrected chi connectivity index (χ1v) is 4.12. The molecule has 2 heterocycles. The standard InChI is InChI=1S/C11H16N2O2/c1-3-10-8(6-15-11(10)14)4-9-5-12-7-13(9)2/h5,7-8,10H,3-4,6H2,1-2H3/t8-,10-/m0/s1/i2D3,3D2,4D2,6D2,8D,10D. The number of nitrogens with zero attached hydrogens (tertiary/aromatic N) is 2. The van der Waals surface area contributed by atoms with Gasteiger partial charge in [-0.3, -0.25) is 4.79 Å². The van der Waals surface area contributed by atoms with E-state index in [1.165, 1.54) is 0 Å². The Balaban J connectivity index is 2.85. The highest BCUT2D eigenvalue weighted by molar-refractivity contribution is 5.74. The summed E-state index contributed by atoms with van der Waals surface area (Å²) in [6.07, 6.45) is -4.78. The zero-order valence-electron chi connectivity index (χ0n) is 18.9. The molecule has 2 atom stereocenters. The Hall–Kier alpha value is -1.32. The number of carbonyl (C=O) groups excluding carboxylic acids is 1. The average Bonchev–Trinajstić information content (AvgIpc) is 2.97. The maximum Gasteiger partial charge on any atom is 0.309 e. The Bertz CT molecular complexity index is 737. The first-order valence-electron chi connectivity index (χ1n) is 9.62. The third-order valence-electron chi connectivity index (χ3n) is 1.84. The SMILES string of the molecule is [2H]C([2H])([2H])n1cncc1C([2H])([2H])[C@@]1([2H])C([2H])([2H])OC(=O)[C@@]1([2H])C([2H])([2H])C. The maximum atomic E-state index is 12.2. The van der Waals surface area contributed by atoms with Crippen molar-refractivity contribution in [1.82, 2.24) is 9.55 Å². The summed E-state index contributed by atoms with van der Waals surface area (Å²) in [6, 6.07) is 0. The first-order chi connectivity index (χ1) is 11.4. The molecule has 2 rings (SSSR count). The van der Waals surface area contributed by atoms with Crippen molar-refractivity contribution in [1.29, 1.82) is 0 Å². The molecule has 0 bridgehead atoms. The summed E-state index contributed by atoms with van der Waals surface area (Å²) in [5.74, 6) is -8.59.